The summed E-state index contributed by atoms with van der Waals surface area (Å²) in [5, 5.41) is 3.13. The molecule has 4 rings (SSSR count). The molecule has 11 heteroatoms. The van der Waals surface area contributed by atoms with Crippen molar-refractivity contribution in [3.8, 4) is 17.2 Å². The van der Waals surface area contributed by atoms with Crippen molar-refractivity contribution in [1.82, 2.24) is 4.90 Å². The van der Waals surface area contributed by atoms with E-state index in [1.165, 1.54) is 91.0 Å². The van der Waals surface area contributed by atoms with Gasteiger partial charge in [-0.15, -0.1) is 12.1 Å². The Bertz CT molecular complexity index is 1340. The van der Waals surface area contributed by atoms with Crippen molar-refractivity contribution in [2.24, 2.45) is 0 Å². The summed E-state index contributed by atoms with van der Waals surface area (Å²) in [7, 11) is 5.98. The molecule has 0 fully saturated rings. The molecule has 0 amide bonds. The molecule has 0 unspecified atom stereocenters. The number of guanidine groups is 1. The summed E-state index contributed by atoms with van der Waals surface area (Å²) in [6.45, 7) is 0. The lowest BCUT2D eigenvalue weighted by Gasteiger charge is -2.19. The van der Waals surface area contributed by atoms with Crippen LogP contribution in [0.2, 0.25) is 0 Å². The Hall–Kier alpha value is -4.67. The van der Waals surface area contributed by atoms with Gasteiger partial charge < -0.3 is 14.0 Å². The van der Waals surface area contributed by atoms with Crippen molar-refractivity contribution in [1.29, 1.82) is 0 Å². The minimum absolute atomic E-state index is 0.209. The lowest BCUT2D eigenvalue weighted by molar-refractivity contribution is -0.469. The monoisotopic (exact) mass is 553 g/mol. The van der Waals surface area contributed by atoms with Crippen LogP contribution >= 0.6 is 0 Å². The van der Waals surface area contributed by atoms with Crippen LogP contribution in [-0.4, -0.2) is 50.9 Å². The first kappa shape index (κ1) is 29.9. The molecule has 0 aliphatic heterocycles. The third-order valence-electron chi connectivity index (χ3n) is 5.03. The van der Waals surface area contributed by atoms with E-state index in [4.69, 9.17) is 14.0 Å². The number of rotatable bonds is 7. The van der Waals surface area contributed by atoms with Gasteiger partial charge in [-0.25, -0.2) is 22.9 Å². The highest BCUT2D eigenvalue weighted by Crippen LogP contribution is 2.27. The van der Waals surface area contributed by atoms with Crippen LogP contribution in [0.5, 0.6) is 17.2 Å². The normalized spacial score (nSPS) is 10.0. The van der Waals surface area contributed by atoms with Gasteiger partial charge in [0.25, 0.3) is 0 Å². The summed E-state index contributed by atoms with van der Waals surface area (Å²) >= 11 is 0. The van der Waals surface area contributed by atoms with E-state index in [1.807, 2.05) is 37.7 Å². The smallest absolute Gasteiger partial charge is 0.490 e. The zero-order valence-corrected chi connectivity index (χ0v) is 22.4. The number of hydrogen-bond acceptors (Lipinski definition) is 3. The molecule has 208 valence electrons. The van der Waals surface area contributed by atoms with E-state index in [2.05, 4.69) is 11.4 Å². The summed E-state index contributed by atoms with van der Waals surface area (Å²) in [6, 6.07) is 23.0. The quantitative estimate of drug-likeness (QED) is 0.0777. The molecule has 0 aliphatic carbocycles. The van der Waals surface area contributed by atoms with Crippen molar-refractivity contribution >= 4 is 19.0 Å². The van der Waals surface area contributed by atoms with Crippen LogP contribution in [0.4, 0.5) is 23.2 Å². The van der Waals surface area contributed by atoms with E-state index < -0.39 is 24.8 Å². The van der Waals surface area contributed by atoms with Gasteiger partial charge in [-0.2, -0.15) is 18.2 Å². The molecule has 0 saturated heterocycles. The molecule has 0 spiro atoms. The first-order valence-corrected chi connectivity index (χ1v) is 12.0. The van der Waals surface area contributed by atoms with Crippen LogP contribution in [0.3, 0.4) is 0 Å². The zero-order valence-electron chi connectivity index (χ0n) is 22.4. The SMILES string of the molecule is CN(C)C(Nc1cc(F)ccc1OB(Oc1ccc(F)cc1)Oc1ccc(F)cc1)=[N+](C)C.Fc1cc[c-]cc1. The van der Waals surface area contributed by atoms with E-state index in [0.717, 1.165) is 0 Å². The van der Waals surface area contributed by atoms with Gasteiger partial charge in [0.05, 0.1) is 28.2 Å². The predicted octanol–water partition coefficient (Wildman–Crippen LogP) is 5.85. The number of halogens is 4. The second-order valence-corrected chi connectivity index (χ2v) is 8.65. The maximum atomic E-state index is 14.0. The Morgan fingerprint density at radius 1 is 0.700 bits per heavy atom. The van der Waals surface area contributed by atoms with Crippen LogP contribution in [0, 0.1) is 29.3 Å². The average molecular weight is 553 g/mol. The minimum atomic E-state index is -1.35. The number of nitrogens with zero attached hydrogens (tertiary/aromatic N) is 2. The number of nitrogens with one attached hydrogen (secondary N) is 1. The van der Waals surface area contributed by atoms with E-state index in [1.54, 1.807) is 0 Å². The third-order valence-corrected chi connectivity index (χ3v) is 5.03. The Morgan fingerprint density at radius 2 is 1.18 bits per heavy atom. The van der Waals surface area contributed by atoms with Gasteiger partial charge in [-0.3, -0.25) is 9.48 Å². The number of hydrogen-bond donors (Lipinski definition) is 1. The minimum Gasteiger partial charge on any atom is -0.490 e. The highest BCUT2D eigenvalue weighted by Gasteiger charge is 2.32. The summed E-state index contributed by atoms with van der Waals surface area (Å²) in [4.78, 5) is 1.82. The molecule has 0 aromatic heterocycles. The molecule has 0 heterocycles. The fourth-order valence-corrected chi connectivity index (χ4v) is 3.24. The number of benzene rings is 4. The Balaban J connectivity index is 0.000000547. The summed E-state index contributed by atoms with van der Waals surface area (Å²) in [6.07, 6.45) is 0. The van der Waals surface area contributed by atoms with Gasteiger partial charge in [0.1, 0.15) is 40.4 Å². The van der Waals surface area contributed by atoms with Crippen molar-refractivity contribution in [2.45, 2.75) is 0 Å². The first-order chi connectivity index (χ1) is 19.1. The molecule has 0 radical (unpaired) electrons. The van der Waals surface area contributed by atoms with Gasteiger partial charge in [0.2, 0.25) is 0 Å². The van der Waals surface area contributed by atoms with Crippen LogP contribution in [0.25, 0.3) is 0 Å². The molecular weight excluding hydrogens is 525 g/mol. The highest BCUT2D eigenvalue weighted by atomic mass is 19.1. The van der Waals surface area contributed by atoms with Gasteiger partial charge in [0.15, 0.2) is 0 Å². The van der Waals surface area contributed by atoms with Gasteiger partial charge in [-0.05, 0) is 60.7 Å². The maximum absolute atomic E-state index is 14.0. The van der Waals surface area contributed by atoms with Gasteiger partial charge in [-0.1, -0.05) is 0 Å². The Morgan fingerprint density at radius 3 is 1.60 bits per heavy atom. The van der Waals surface area contributed by atoms with Crippen LogP contribution < -0.4 is 19.3 Å². The lowest BCUT2D eigenvalue weighted by Crippen LogP contribution is -2.38. The molecule has 40 heavy (non-hydrogen) atoms. The van der Waals surface area contributed by atoms with Crippen molar-refractivity contribution in [3.05, 3.63) is 120 Å². The second-order valence-electron chi connectivity index (χ2n) is 8.65. The lowest BCUT2D eigenvalue weighted by atomic mass is 10.1. The molecule has 4 aromatic rings. The van der Waals surface area contributed by atoms with Gasteiger partial charge in [0, 0.05) is 11.9 Å². The molecule has 0 bridgehead atoms. The van der Waals surface area contributed by atoms with Crippen molar-refractivity contribution < 1.29 is 36.1 Å². The molecule has 0 atom stereocenters. The van der Waals surface area contributed by atoms with Gasteiger partial charge >= 0.3 is 13.3 Å². The fourth-order valence-electron chi connectivity index (χ4n) is 3.24. The second kappa shape index (κ2) is 14.5. The largest absolute Gasteiger partial charge is 0.864 e. The van der Waals surface area contributed by atoms with Crippen molar-refractivity contribution in [2.75, 3.05) is 33.5 Å². The topological polar surface area (TPSA) is 46.0 Å². The van der Waals surface area contributed by atoms with Crippen molar-refractivity contribution in [3.63, 3.8) is 0 Å². The molecule has 6 nitrogen and oxygen atoms in total. The van der Waals surface area contributed by atoms with E-state index in [9.17, 15) is 17.6 Å². The molecule has 0 saturated carbocycles. The molecule has 0 aliphatic rings. The zero-order chi connectivity index (χ0) is 29.1. The summed E-state index contributed by atoms with van der Waals surface area (Å²) in [5.41, 5.74) is 0.322. The average Bonchev–Trinajstić information content (AvgIpc) is 2.91. The predicted molar refractivity (Wildman–Crippen MR) is 146 cm³/mol. The van der Waals surface area contributed by atoms with Crippen LogP contribution in [0.1, 0.15) is 0 Å². The standard InChI is InChI=1S/C23H23BF3N3O3.C6H4F/c1-29(2)23(30(3)4)28-21-15-18(27)9-14-22(21)33-24(31-19-10-5-16(25)6-11-19)32-20-12-7-17(26)8-13-20;7-6-4-2-1-3-5-6/h5-15H,1-4H3;2-5H/q;-1/p+1. The first-order valence-electron chi connectivity index (χ1n) is 12.0. The summed E-state index contributed by atoms with van der Waals surface area (Å²) in [5.74, 6) is -0.106. The Kier molecular flexibility index (Phi) is 10.8. The molecule has 4 aromatic carbocycles. The van der Waals surface area contributed by atoms with Crippen LogP contribution in [-0.2, 0) is 0 Å². The van der Waals surface area contributed by atoms with E-state index in [-0.39, 0.29) is 23.1 Å². The van der Waals surface area contributed by atoms with Crippen LogP contribution in [0.15, 0.2) is 91.0 Å². The summed E-state index contributed by atoms with van der Waals surface area (Å²) < 4.78 is 71.7. The number of anilines is 1. The van der Waals surface area contributed by atoms with E-state index in [0.29, 0.717) is 11.6 Å². The fraction of sp³-hybridized carbons (Fsp3) is 0.138. The molecular formula is C29H28BF4N3O3. The van der Waals surface area contributed by atoms with E-state index >= 15 is 0 Å². The maximum Gasteiger partial charge on any atom is 0.864 e. The highest BCUT2D eigenvalue weighted by molar-refractivity contribution is 6.39. The Labute approximate surface area is 231 Å². The molecule has 1 N–H and O–H groups in total. The third kappa shape index (κ3) is 9.57.